The van der Waals surface area contributed by atoms with Crippen LogP contribution < -0.4 is 10.5 Å². The van der Waals surface area contributed by atoms with Crippen molar-refractivity contribution in [2.45, 2.75) is 26.3 Å². The largest absolute Gasteiger partial charge is 0.493 e. The summed E-state index contributed by atoms with van der Waals surface area (Å²) in [5, 5.41) is 8.11. The summed E-state index contributed by atoms with van der Waals surface area (Å²) in [6, 6.07) is 10.9. The van der Waals surface area contributed by atoms with E-state index in [9.17, 15) is 4.79 Å². The van der Waals surface area contributed by atoms with Crippen LogP contribution in [0.3, 0.4) is 0 Å². The molecule has 0 radical (unpaired) electrons. The highest BCUT2D eigenvalue weighted by atomic mass is 16.5. The van der Waals surface area contributed by atoms with Crippen molar-refractivity contribution in [3.63, 3.8) is 0 Å². The Morgan fingerprint density at radius 3 is 2.86 bits per heavy atom. The van der Waals surface area contributed by atoms with Crippen LogP contribution >= 0.6 is 0 Å². The molecule has 28 heavy (non-hydrogen) atoms. The number of aromatic nitrogens is 4. The maximum atomic E-state index is 11.9. The minimum Gasteiger partial charge on any atom is -0.493 e. The van der Waals surface area contributed by atoms with Gasteiger partial charge in [0.1, 0.15) is 29.2 Å². The standard InChI is InChI=1S/C20H23N5O3/c1-14-8-9-17(15(12-14)20(26)27-2)28-11-4-3-10-25-13-22-24-19(25)16-6-5-7-18(21)23-16/h5-9,12-13H,3-4,10-11H2,1-2H3,(H2,21,23). The maximum Gasteiger partial charge on any atom is 0.341 e. The molecule has 1 aromatic carbocycles. The van der Waals surface area contributed by atoms with Crippen molar-refractivity contribution in [1.29, 1.82) is 0 Å². The number of nitrogen functional groups attached to an aromatic ring is 1. The van der Waals surface area contributed by atoms with Crippen molar-refractivity contribution in [2.24, 2.45) is 0 Å². The molecule has 0 spiro atoms. The van der Waals surface area contributed by atoms with Crippen molar-refractivity contribution in [1.82, 2.24) is 19.7 Å². The number of carbonyl (C=O) groups excluding carboxylic acids is 1. The number of nitrogens with zero attached hydrogens (tertiary/aromatic N) is 4. The Labute approximate surface area is 163 Å². The van der Waals surface area contributed by atoms with Crippen LogP contribution in [0.15, 0.2) is 42.7 Å². The molecule has 0 atom stereocenters. The summed E-state index contributed by atoms with van der Waals surface area (Å²) >= 11 is 0. The quantitative estimate of drug-likeness (QED) is 0.472. The Kier molecular flexibility index (Phi) is 6.21. The fraction of sp³-hybridized carbons (Fsp3) is 0.300. The van der Waals surface area contributed by atoms with Crippen LogP contribution in [0, 0.1) is 6.92 Å². The smallest absolute Gasteiger partial charge is 0.341 e. The SMILES string of the molecule is COC(=O)c1cc(C)ccc1OCCCCn1cnnc1-c1cccc(N)n1. The molecule has 3 rings (SSSR count). The molecular formula is C20H23N5O3. The predicted molar refractivity (Wildman–Crippen MR) is 105 cm³/mol. The molecule has 2 N–H and O–H groups in total. The summed E-state index contributed by atoms with van der Waals surface area (Å²) in [5.41, 5.74) is 7.85. The van der Waals surface area contributed by atoms with Crippen LogP contribution in [-0.2, 0) is 11.3 Å². The number of aryl methyl sites for hydroxylation is 2. The van der Waals surface area contributed by atoms with Gasteiger partial charge in [-0.1, -0.05) is 17.7 Å². The van der Waals surface area contributed by atoms with Gasteiger partial charge in [-0.25, -0.2) is 9.78 Å². The third-order valence-electron chi connectivity index (χ3n) is 4.21. The molecule has 0 amide bonds. The average Bonchev–Trinajstić information content (AvgIpc) is 3.16. The second-order valence-corrected chi connectivity index (χ2v) is 6.34. The lowest BCUT2D eigenvalue weighted by Gasteiger charge is -2.11. The van der Waals surface area contributed by atoms with E-state index in [4.69, 9.17) is 15.2 Å². The average molecular weight is 381 g/mol. The Hall–Kier alpha value is -3.42. The highest BCUT2D eigenvalue weighted by molar-refractivity contribution is 5.92. The van der Waals surface area contributed by atoms with E-state index in [0.29, 0.717) is 35.3 Å². The molecule has 2 aromatic heterocycles. The Morgan fingerprint density at radius 2 is 2.07 bits per heavy atom. The lowest BCUT2D eigenvalue weighted by atomic mass is 10.1. The van der Waals surface area contributed by atoms with E-state index in [0.717, 1.165) is 24.9 Å². The molecule has 3 aromatic rings. The van der Waals surface area contributed by atoms with E-state index >= 15 is 0 Å². The molecule has 0 aliphatic rings. The van der Waals surface area contributed by atoms with Crippen LogP contribution in [0.5, 0.6) is 5.75 Å². The number of anilines is 1. The topological polar surface area (TPSA) is 105 Å². The maximum absolute atomic E-state index is 11.9. The molecule has 0 saturated heterocycles. The number of ether oxygens (including phenoxy) is 2. The molecule has 0 aliphatic carbocycles. The van der Waals surface area contributed by atoms with Gasteiger partial charge in [0.15, 0.2) is 5.82 Å². The summed E-state index contributed by atoms with van der Waals surface area (Å²) in [5.74, 6) is 1.26. The second-order valence-electron chi connectivity index (χ2n) is 6.34. The van der Waals surface area contributed by atoms with Gasteiger partial charge in [0, 0.05) is 6.54 Å². The van der Waals surface area contributed by atoms with Gasteiger partial charge in [0.2, 0.25) is 0 Å². The minimum atomic E-state index is -0.400. The molecular weight excluding hydrogens is 358 g/mol. The van der Waals surface area contributed by atoms with Gasteiger partial charge in [-0.05, 0) is 44.0 Å². The lowest BCUT2D eigenvalue weighted by Crippen LogP contribution is -2.08. The molecule has 0 unspecified atom stereocenters. The summed E-state index contributed by atoms with van der Waals surface area (Å²) in [6.45, 7) is 3.13. The minimum absolute atomic E-state index is 0.400. The zero-order valence-electron chi connectivity index (χ0n) is 16.0. The Morgan fingerprint density at radius 1 is 1.21 bits per heavy atom. The second kappa shape index (κ2) is 8.98. The highest BCUT2D eigenvalue weighted by Gasteiger charge is 2.13. The van der Waals surface area contributed by atoms with E-state index in [1.54, 1.807) is 24.5 Å². The number of hydrogen-bond acceptors (Lipinski definition) is 7. The van der Waals surface area contributed by atoms with Gasteiger partial charge in [-0.3, -0.25) is 0 Å². The van der Waals surface area contributed by atoms with Gasteiger partial charge in [0.25, 0.3) is 0 Å². The first kappa shape index (κ1) is 19.3. The number of esters is 1. The number of carbonyl (C=O) groups is 1. The van der Waals surface area contributed by atoms with Crippen LogP contribution in [0.1, 0.15) is 28.8 Å². The molecule has 0 bridgehead atoms. The zero-order chi connectivity index (χ0) is 19.9. The fourth-order valence-electron chi connectivity index (χ4n) is 2.80. The van der Waals surface area contributed by atoms with Crippen molar-refractivity contribution >= 4 is 11.8 Å². The first-order valence-electron chi connectivity index (χ1n) is 9.01. The normalized spacial score (nSPS) is 10.6. The molecule has 0 saturated carbocycles. The fourth-order valence-corrected chi connectivity index (χ4v) is 2.80. The third-order valence-corrected chi connectivity index (χ3v) is 4.21. The monoisotopic (exact) mass is 381 g/mol. The van der Waals surface area contributed by atoms with Gasteiger partial charge >= 0.3 is 5.97 Å². The van der Waals surface area contributed by atoms with E-state index in [1.165, 1.54) is 7.11 Å². The summed E-state index contributed by atoms with van der Waals surface area (Å²) in [6.07, 6.45) is 3.33. The van der Waals surface area contributed by atoms with Crippen molar-refractivity contribution < 1.29 is 14.3 Å². The number of nitrogens with two attached hydrogens (primary N) is 1. The van der Waals surface area contributed by atoms with Crippen LogP contribution in [-0.4, -0.2) is 39.4 Å². The number of pyridine rings is 1. The van der Waals surface area contributed by atoms with E-state index < -0.39 is 5.97 Å². The molecule has 0 fully saturated rings. The number of benzene rings is 1. The van der Waals surface area contributed by atoms with E-state index in [2.05, 4.69) is 15.2 Å². The van der Waals surface area contributed by atoms with Gasteiger partial charge in [-0.2, -0.15) is 0 Å². The van der Waals surface area contributed by atoms with Gasteiger partial charge in [-0.15, -0.1) is 10.2 Å². The van der Waals surface area contributed by atoms with Crippen molar-refractivity contribution in [3.8, 4) is 17.3 Å². The molecule has 146 valence electrons. The number of methoxy groups -OCH3 is 1. The summed E-state index contributed by atoms with van der Waals surface area (Å²) < 4.78 is 12.6. The zero-order valence-corrected chi connectivity index (χ0v) is 16.0. The molecule has 2 heterocycles. The lowest BCUT2D eigenvalue weighted by molar-refractivity contribution is 0.0596. The van der Waals surface area contributed by atoms with Crippen LogP contribution in [0.2, 0.25) is 0 Å². The molecule has 8 nitrogen and oxygen atoms in total. The van der Waals surface area contributed by atoms with Gasteiger partial charge < -0.3 is 19.8 Å². The first-order valence-corrected chi connectivity index (χ1v) is 9.01. The van der Waals surface area contributed by atoms with Crippen LogP contribution in [0.4, 0.5) is 5.82 Å². The highest BCUT2D eigenvalue weighted by Crippen LogP contribution is 2.21. The molecule has 0 aliphatic heterocycles. The number of rotatable bonds is 8. The summed E-state index contributed by atoms with van der Waals surface area (Å²) in [7, 11) is 1.36. The van der Waals surface area contributed by atoms with E-state index in [-0.39, 0.29) is 0 Å². The van der Waals surface area contributed by atoms with Crippen LogP contribution in [0.25, 0.3) is 11.5 Å². The predicted octanol–water partition coefficient (Wildman–Crippen LogP) is 2.88. The Balaban J connectivity index is 1.54. The summed E-state index contributed by atoms with van der Waals surface area (Å²) in [4.78, 5) is 16.2. The van der Waals surface area contributed by atoms with Crippen molar-refractivity contribution in [2.75, 3.05) is 19.5 Å². The van der Waals surface area contributed by atoms with E-state index in [1.807, 2.05) is 29.7 Å². The van der Waals surface area contributed by atoms with Gasteiger partial charge in [0.05, 0.1) is 13.7 Å². The number of unbranched alkanes of at least 4 members (excludes halogenated alkanes) is 1. The third kappa shape index (κ3) is 4.64. The first-order chi connectivity index (χ1) is 13.6. The Bertz CT molecular complexity index is 955. The number of hydrogen-bond donors (Lipinski definition) is 1. The van der Waals surface area contributed by atoms with Crippen molar-refractivity contribution in [3.05, 3.63) is 53.9 Å². The molecule has 8 heteroatoms.